The molecule has 0 radical (unpaired) electrons. The first-order valence-corrected chi connectivity index (χ1v) is 8.84. The Hall–Kier alpha value is -1.19. The van der Waals surface area contributed by atoms with Gasteiger partial charge in [-0.3, -0.25) is 4.98 Å². The van der Waals surface area contributed by atoms with Crippen molar-refractivity contribution in [1.29, 1.82) is 0 Å². The molecule has 1 aliphatic heterocycles. The van der Waals surface area contributed by atoms with E-state index in [2.05, 4.69) is 63.1 Å². The average Bonchev–Trinajstić information content (AvgIpc) is 3.09. The maximum atomic E-state index is 4.14. The zero-order valence-corrected chi connectivity index (χ0v) is 14.5. The number of pyridine rings is 1. The summed E-state index contributed by atoms with van der Waals surface area (Å²) in [4.78, 5) is 6.78. The third-order valence-corrected chi connectivity index (χ3v) is 6.11. The van der Waals surface area contributed by atoms with Gasteiger partial charge >= 0.3 is 0 Å². The van der Waals surface area contributed by atoms with Gasteiger partial charge in [-0.2, -0.15) is 0 Å². The van der Waals surface area contributed by atoms with Crippen molar-refractivity contribution in [2.45, 2.75) is 25.2 Å². The Balaban J connectivity index is 1.41. The number of rotatable bonds is 4. The first kappa shape index (κ1) is 14.4. The molecular weight excluding hydrogens is 336 g/mol. The van der Waals surface area contributed by atoms with Crippen molar-refractivity contribution in [2.24, 2.45) is 5.92 Å². The SMILES string of the molecule is Cc1ccc(C23CC2CN(CCc2ccncc2Br)C3)cc1. The van der Waals surface area contributed by atoms with Crippen LogP contribution in [0.1, 0.15) is 23.1 Å². The standard InChI is InChI=1S/C19H21BrN2/c1-14-2-4-16(5-3-14)19-10-17(19)12-22(13-19)9-7-15-6-8-21-11-18(15)20/h2-6,8,11,17H,7,9-10,12-13H2,1H3. The average molecular weight is 357 g/mol. The van der Waals surface area contributed by atoms with Gasteiger partial charge in [0.25, 0.3) is 0 Å². The number of aromatic nitrogens is 1. The van der Waals surface area contributed by atoms with Gasteiger partial charge in [-0.1, -0.05) is 29.8 Å². The normalized spacial score (nSPS) is 26.9. The van der Waals surface area contributed by atoms with Gasteiger partial charge in [0, 0.05) is 41.9 Å². The van der Waals surface area contributed by atoms with Crippen molar-refractivity contribution >= 4 is 15.9 Å². The van der Waals surface area contributed by atoms with Gasteiger partial charge in [-0.05, 0) is 58.8 Å². The summed E-state index contributed by atoms with van der Waals surface area (Å²) in [6, 6.07) is 11.3. The van der Waals surface area contributed by atoms with Crippen molar-refractivity contribution in [1.82, 2.24) is 9.88 Å². The minimum atomic E-state index is 0.461. The van der Waals surface area contributed by atoms with Crippen molar-refractivity contribution in [2.75, 3.05) is 19.6 Å². The van der Waals surface area contributed by atoms with Gasteiger partial charge in [-0.15, -0.1) is 0 Å². The number of aryl methyl sites for hydroxylation is 1. The summed E-state index contributed by atoms with van der Waals surface area (Å²) in [5.41, 5.74) is 4.73. The molecule has 1 aliphatic carbocycles. The van der Waals surface area contributed by atoms with Crippen LogP contribution in [0.3, 0.4) is 0 Å². The van der Waals surface area contributed by atoms with Crippen molar-refractivity contribution < 1.29 is 0 Å². The van der Waals surface area contributed by atoms with Crippen LogP contribution < -0.4 is 0 Å². The Morgan fingerprint density at radius 3 is 2.86 bits per heavy atom. The van der Waals surface area contributed by atoms with Gasteiger partial charge in [0.1, 0.15) is 0 Å². The maximum absolute atomic E-state index is 4.14. The number of hydrogen-bond donors (Lipinski definition) is 0. The van der Waals surface area contributed by atoms with Gasteiger partial charge in [-0.25, -0.2) is 0 Å². The topological polar surface area (TPSA) is 16.1 Å². The lowest BCUT2D eigenvalue weighted by Crippen LogP contribution is -2.28. The summed E-state index contributed by atoms with van der Waals surface area (Å²) >= 11 is 3.60. The lowest BCUT2D eigenvalue weighted by Gasteiger charge is -2.21. The number of nitrogens with zero attached hydrogens (tertiary/aromatic N) is 2. The summed E-state index contributed by atoms with van der Waals surface area (Å²) in [6.07, 6.45) is 6.26. The van der Waals surface area contributed by atoms with Crippen molar-refractivity contribution in [3.8, 4) is 0 Å². The minimum Gasteiger partial charge on any atom is -0.302 e. The predicted molar refractivity (Wildman–Crippen MR) is 93.0 cm³/mol. The number of hydrogen-bond acceptors (Lipinski definition) is 2. The number of fused-ring (bicyclic) bond motifs is 1. The smallest absolute Gasteiger partial charge is 0.0412 e. The number of piperidine rings is 1. The summed E-state index contributed by atoms with van der Waals surface area (Å²) in [7, 11) is 0. The zero-order valence-electron chi connectivity index (χ0n) is 12.9. The Kier molecular flexibility index (Phi) is 3.58. The molecule has 2 heterocycles. The summed E-state index contributed by atoms with van der Waals surface area (Å²) in [6.45, 7) is 5.80. The van der Waals surface area contributed by atoms with Crippen LogP contribution in [0, 0.1) is 12.8 Å². The molecule has 1 saturated carbocycles. The molecule has 1 saturated heterocycles. The molecule has 3 heteroatoms. The molecule has 0 amide bonds. The molecule has 1 aromatic carbocycles. The third kappa shape index (κ3) is 2.50. The molecule has 2 aliphatic rings. The monoisotopic (exact) mass is 356 g/mol. The molecule has 2 unspecified atom stereocenters. The first-order chi connectivity index (χ1) is 10.7. The van der Waals surface area contributed by atoms with E-state index in [1.165, 1.54) is 30.6 Å². The molecule has 22 heavy (non-hydrogen) atoms. The molecule has 2 nitrogen and oxygen atoms in total. The molecule has 0 N–H and O–H groups in total. The van der Waals surface area contributed by atoms with E-state index < -0.39 is 0 Å². The van der Waals surface area contributed by atoms with Gasteiger partial charge in [0.15, 0.2) is 0 Å². The highest BCUT2D eigenvalue weighted by Gasteiger charge is 2.60. The predicted octanol–water partition coefficient (Wildman–Crippen LogP) is 3.97. The molecule has 2 aromatic rings. The van der Waals surface area contributed by atoms with Crippen molar-refractivity contribution in [3.05, 3.63) is 63.9 Å². The van der Waals surface area contributed by atoms with E-state index in [9.17, 15) is 0 Å². The van der Waals surface area contributed by atoms with Crippen molar-refractivity contribution in [3.63, 3.8) is 0 Å². The molecule has 2 atom stereocenters. The van der Waals surface area contributed by atoms with E-state index in [0.717, 1.165) is 23.4 Å². The zero-order chi connectivity index (χ0) is 15.2. The van der Waals surface area contributed by atoms with Gasteiger partial charge in [0.05, 0.1) is 0 Å². The molecule has 114 valence electrons. The minimum absolute atomic E-state index is 0.461. The van der Waals surface area contributed by atoms with Gasteiger partial charge < -0.3 is 4.90 Å². The highest BCUT2D eigenvalue weighted by atomic mass is 79.9. The molecule has 4 rings (SSSR count). The number of likely N-dealkylation sites (tertiary alicyclic amines) is 1. The lowest BCUT2D eigenvalue weighted by molar-refractivity contribution is 0.301. The second kappa shape index (κ2) is 5.47. The fraction of sp³-hybridized carbons (Fsp3) is 0.421. The highest BCUT2D eigenvalue weighted by molar-refractivity contribution is 9.10. The van der Waals surface area contributed by atoms with Crippen LogP contribution in [0.2, 0.25) is 0 Å². The third-order valence-electron chi connectivity index (χ3n) is 5.40. The Bertz CT molecular complexity index is 682. The van der Waals surface area contributed by atoms with Crippen LogP contribution in [-0.4, -0.2) is 29.5 Å². The molecule has 0 spiro atoms. The quantitative estimate of drug-likeness (QED) is 0.823. The summed E-state index contributed by atoms with van der Waals surface area (Å²) in [5.74, 6) is 0.871. The molecular formula is C19H21BrN2. The Morgan fingerprint density at radius 2 is 2.09 bits per heavy atom. The lowest BCUT2D eigenvalue weighted by atomic mass is 9.94. The molecule has 2 fully saturated rings. The second-order valence-corrected chi connectivity index (χ2v) is 7.73. The Labute approximate surface area is 140 Å². The molecule has 0 bridgehead atoms. The number of halogens is 1. The maximum Gasteiger partial charge on any atom is 0.0412 e. The summed E-state index contributed by atoms with van der Waals surface area (Å²) < 4.78 is 1.13. The van der Waals surface area contributed by atoms with Crippen LogP contribution >= 0.6 is 15.9 Å². The van der Waals surface area contributed by atoms with E-state index >= 15 is 0 Å². The van der Waals surface area contributed by atoms with Crippen LogP contribution in [-0.2, 0) is 11.8 Å². The first-order valence-electron chi connectivity index (χ1n) is 8.05. The van der Waals surface area contributed by atoms with Crippen LogP contribution in [0.25, 0.3) is 0 Å². The van der Waals surface area contributed by atoms with Crippen LogP contribution in [0.5, 0.6) is 0 Å². The highest BCUT2D eigenvalue weighted by Crippen LogP contribution is 2.58. The summed E-state index contributed by atoms with van der Waals surface area (Å²) in [5, 5.41) is 0. The van der Waals surface area contributed by atoms with E-state index in [4.69, 9.17) is 0 Å². The van der Waals surface area contributed by atoms with E-state index in [-0.39, 0.29) is 0 Å². The fourth-order valence-corrected chi connectivity index (χ4v) is 4.42. The van der Waals surface area contributed by atoms with E-state index in [1.54, 1.807) is 5.56 Å². The van der Waals surface area contributed by atoms with Crippen LogP contribution in [0.15, 0.2) is 47.2 Å². The Morgan fingerprint density at radius 1 is 1.27 bits per heavy atom. The number of benzene rings is 1. The largest absolute Gasteiger partial charge is 0.302 e. The van der Waals surface area contributed by atoms with E-state index in [1.807, 2.05) is 12.4 Å². The van der Waals surface area contributed by atoms with Crippen LogP contribution in [0.4, 0.5) is 0 Å². The molecule has 1 aromatic heterocycles. The van der Waals surface area contributed by atoms with Gasteiger partial charge in [0.2, 0.25) is 0 Å². The fourth-order valence-electron chi connectivity index (χ4n) is 3.97. The second-order valence-electron chi connectivity index (χ2n) is 6.88. The van der Waals surface area contributed by atoms with E-state index in [0.29, 0.717) is 5.41 Å².